The number of hydrogen-bond acceptors (Lipinski definition) is 8. The van der Waals surface area contributed by atoms with E-state index in [1.54, 1.807) is 17.1 Å². The predicted octanol–water partition coefficient (Wildman–Crippen LogP) is 0.855. The number of nitro benzene ring substituents is 1. The fourth-order valence-electron chi connectivity index (χ4n) is 5.39. The summed E-state index contributed by atoms with van der Waals surface area (Å²) in [6, 6.07) is 5.47. The van der Waals surface area contributed by atoms with Gasteiger partial charge in [-0.25, -0.2) is 5.01 Å². The van der Waals surface area contributed by atoms with Crippen LogP contribution in [0.2, 0.25) is 0 Å². The number of anilines is 1. The van der Waals surface area contributed by atoms with Gasteiger partial charge < -0.3 is 5.11 Å². The number of imide groups is 1. The Morgan fingerprint density at radius 3 is 2.43 bits per heavy atom. The van der Waals surface area contributed by atoms with Gasteiger partial charge in [0.25, 0.3) is 5.69 Å². The number of likely N-dealkylation sites (tertiary alicyclic amines) is 1. The number of nitro groups is 1. The summed E-state index contributed by atoms with van der Waals surface area (Å²) < 4.78 is 0. The van der Waals surface area contributed by atoms with Crippen molar-refractivity contribution >= 4 is 29.2 Å². The highest BCUT2D eigenvalue weighted by atomic mass is 16.6. The molecule has 2 amide bonds. The molecule has 5 rings (SSSR count). The van der Waals surface area contributed by atoms with Crippen molar-refractivity contribution in [2.24, 2.45) is 34.0 Å². The predicted molar refractivity (Wildman–Crippen MR) is 90.9 cm³/mol. The van der Waals surface area contributed by atoms with Gasteiger partial charge in [0.1, 0.15) is 6.54 Å². The lowest BCUT2D eigenvalue weighted by atomic mass is 9.76. The van der Waals surface area contributed by atoms with Gasteiger partial charge in [-0.05, 0) is 30.4 Å². The van der Waals surface area contributed by atoms with Gasteiger partial charge >= 0.3 is 5.97 Å². The monoisotopic (exact) mass is 385 g/mol. The first-order chi connectivity index (χ1) is 13.4. The summed E-state index contributed by atoms with van der Waals surface area (Å²) >= 11 is 0. The molecule has 11 heteroatoms. The van der Waals surface area contributed by atoms with E-state index in [4.69, 9.17) is 5.11 Å². The molecule has 1 N–H and O–H groups in total. The Kier molecular flexibility index (Phi) is 3.33. The van der Waals surface area contributed by atoms with E-state index < -0.39 is 41.1 Å². The number of rotatable bonds is 4. The Morgan fingerprint density at radius 1 is 1.18 bits per heavy atom. The summed E-state index contributed by atoms with van der Waals surface area (Å²) in [5.74, 6) is -3.48. The third kappa shape index (κ3) is 2.06. The van der Waals surface area contributed by atoms with Crippen molar-refractivity contribution in [2.75, 3.05) is 11.6 Å². The molecule has 2 heterocycles. The maximum atomic E-state index is 12.8. The molecule has 2 bridgehead atoms. The van der Waals surface area contributed by atoms with Crippen LogP contribution in [0.3, 0.4) is 0 Å². The van der Waals surface area contributed by atoms with Gasteiger partial charge in [-0.15, -0.1) is 0 Å². The molecule has 11 nitrogen and oxygen atoms in total. The average Bonchev–Trinajstić information content (AvgIpc) is 3.38. The molecule has 0 radical (unpaired) electrons. The third-order valence-corrected chi connectivity index (χ3v) is 6.37. The smallest absolute Gasteiger partial charge is 0.323 e. The summed E-state index contributed by atoms with van der Waals surface area (Å²) in [6.45, 7) is -0.618. The molecule has 1 aromatic rings. The van der Waals surface area contributed by atoms with Gasteiger partial charge in [-0.1, -0.05) is 5.22 Å². The Morgan fingerprint density at radius 2 is 1.82 bits per heavy atom. The molecular weight excluding hydrogens is 370 g/mol. The lowest BCUT2D eigenvalue weighted by molar-refractivity contribution is -0.384. The molecule has 0 aromatic heterocycles. The molecule has 2 aliphatic heterocycles. The van der Waals surface area contributed by atoms with Gasteiger partial charge in [-0.2, -0.15) is 5.11 Å². The largest absolute Gasteiger partial charge is 0.480 e. The Labute approximate surface area is 157 Å². The number of fused-ring (bicyclic) bond motifs is 8. The summed E-state index contributed by atoms with van der Waals surface area (Å²) in [6.07, 6.45) is 0.658. The van der Waals surface area contributed by atoms with E-state index >= 15 is 0 Å². The van der Waals surface area contributed by atoms with Crippen LogP contribution in [0.1, 0.15) is 6.42 Å². The maximum Gasteiger partial charge on any atom is 0.323 e. The number of carbonyl (C=O) groups is 3. The standard InChI is InChI=1S/C17H15N5O6/c23-11(24)6-20-16(25)12-9-5-10(13(12)17(20)26)15-14(9)18-19-21(15)7-1-3-8(4-2-7)22(27)28/h1-4,9-10,12-15H,5-6H2,(H,23,24)/t9-,10+,12-,13-,14+,15-/m1/s1. The zero-order valence-corrected chi connectivity index (χ0v) is 14.4. The minimum atomic E-state index is -1.22. The minimum absolute atomic E-state index is 0.0367. The number of nitrogens with zero attached hydrogens (tertiary/aromatic N) is 5. The third-order valence-electron chi connectivity index (χ3n) is 6.37. The molecule has 1 aromatic carbocycles. The molecule has 4 aliphatic rings. The SMILES string of the molecule is O=C(O)CN1C(=O)[C@@H]2[C@H]3C[C@@H]([C@H]2C1=O)[C@@H]1[C@H]3N=NN1c1ccc([N+](=O)[O-])cc1. The lowest BCUT2D eigenvalue weighted by Crippen LogP contribution is -2.47. The van der Waals surface area contributed by atoms with E-state index in [1.165, 1.54) is 12.1 Å². The topological polar surface area (TPSA) is 146 Å². The van der Waals surface area contributed by atoms with E-state index in [-0.39, 0.29) is 29.6 Å². The van der Waals surface area contributed by atoms with Gasteiger partial charge in [0.05, 0.1) is 34.5 Å². The first-order valence-corrected chi connectivity index (χ1v) is 8.90. The Hall–Kier alpha value is -3.37. The van der Waals surface area contributed by atoms with E-state index in [0.717, 1.165) is 4.90 Å². The van der Waals surface area contributed by atoms with Crippen LogP contribution in [0, 0.1) is 33.8 Å². The fourth-order valence-corrected chi connectivity index (χ4v) is 5.39. The van der Waals surface area contributed by atoms with E-state index in [1.807, 2.05) is 0 Å². The molecule has 0 spiro atoms. The van der Waals surface area contributed by atoms with Crippen LogP contribution in [0.4, 0.5) is 11.4 Å². The molecular formula is C17H15N5O6. The van der Waals surface area contributed by atoms with E-state index in [9.17, 15) is 24.5 Å². The maximum absolute atomic E-state index is 12.8. The second-order valence-corrected chi connectivity index (χ2v) is 7.58. The first kappa shape index (κ1) is 16.8. The Bertz CT molecular complexity index is 946. The van der Waals surface area contributed by atoms with E-state index in [2.05, 4.69) is 10.3 Å². The van der Waals surface area contributed by atoms with Crippen LogP contribution in [-0.2, 0) is 14.4 Å². The number of benzene rings is 1. The lowest BCUT2D eigenvalue weighted by Gasteiger charge is -2.33. The Balaban J connectivity index is 1.44. The second kappa shape index (κ2) is 5.57. The van der Waals surface area contributed by atoms with Crippen molar-refractivity contribution in [1.82, 2.24) is 4.90 Å². The average molecular weight is 385 g/mol. The summed E-state index contributed by atoms with van der Waals surface area (Å²) in [5.41, 5.74) is 0.593. The highest BCUT2D eigenvalue weighted by Gasteiger charge is 2.70. The first-order valence-electron chi connectivity index (χ1n) is 8.90. The quantitative estimate of drug-likeness (QED) is 0.459. The minimum Gasteiger partial charge on any atom is -0.480 e. The summed E-state index contributed by atoms with van der Waals surface area (Å²) in [7, 11) is 0. The zero-order valence-electron chi connectivity index (χ0n) is 14.4. The van der Waals surface area contributed by atoms with Crippen LogP contribution >= 0.6 is 0 Å². The molecule has 144 valence electrons. The van der Waals surface area contributed by atoms with Crippen LogP contribution < -0.4 is 5.01 Å². The van der Waals surface area contributed by atoms with E-state index in [0.29, 0.717) is 12.1 Å². The van der Waals surface area contributed by atoms with Crippen molar-refractivity contribution in [2.45, 2.75) is 18.5 Å². The highest BCUT2D eigenvalue weighted by molar-refractivity contribution is 6.08. The second-order valence-electron chi connectivity index (χ2n) is 7.58. The van der Waals surface area contributed by atoms with Crippen molar-refractivity contribution in [3.63, 3.8) is 0 Å². The van der Waals surface area contributed by atoms with Gasteiger partial charge in [0.2, 0.25) is 11.8 Å². The molecule has 3 fully saturated rings. The highest BCUT2D eigenvalue weighted by Crippen LogP contribution is 2.60. The summed E-state index contributed by atoms with van der Waals surface area (Å²) in [5, 5.41) is 30.1. The number of carbonyl (C=O) groups excluding carboxylic acids is 2. The van der Waals surface area contributed by atoms with Crippen molar-refractivity contribution in [1.29, 1.82) is 0 Å². The van der Waals surface area contributed by atoms with Gasteiger partial charge in [0.15, 0.2) is 0 Å². The molecule has 1 saturated heterocycles. The van der Waals surface area contributed by atoms with Crippen molar-refractivity contribution in [3.8, 4) is 0 Å². The molecule has 0 unspecified atom stereocenters. The number of carboxylic acids is 1. The van der Waals surface area contributed by atoms with Crippen molar-refractivity contribution in [3.05, 3.63) is 34.4 Å². The van der Waals surface area contributed by atoms with Crippen LogP contribution in [0.15, 0.2) is 34.6 Å². The van der Waals surface area contributed by atoms with Crippen molar-refractivity contribution < 1.29 is 24.4 Å². The van der Waals surface area contributed by atoms with Crippen LogP contribution in [-0.4, -0.2) is 51.3 Å². The van der Waals surface area contributed by atoms with Gasteiger partial charge in [0, 0.05) is 12.1 Å². The fraction of sp³-hybridized carbons (Fsp3) is 0.471. The van der Waals surface area contributed by atoms with Crippen LogP contribution in [0.5, 0.6) is 0 Å². The number of aliphatic carboxylic acids is 1. The van der Waals surface area contributed by atoms with Gasteiger partial charge in [-0.3, -0.25) is 29.4 Å². The molecule has 6 atom stereocenters. The van der Waals surface area contributed by atoms with Crippen LogP contribution in [0.25, 0.3) is 0 Å². The molecule has 28 heavy (non-hydrogen) atoms. The number of amides is 2. The zero-order chi connectivity index (χ0) is 19.7. The number of non-ortho nitro benzene ring substituents is 1. The molecule has 2 saturated carbocycles. The molecule has 2 aliphatic carbocycles. The number of hydrogen-bond donors (Lipinski definition) is 1. The number of carboxylic acid groups (broad SMARTS) is 1. The summed E-state index contributed by atoms with van der Waals surface area (Å²) in [4.78, 5) is 47.7. The normalized spacial score (nSPS) is 34.9.